The fourth-order valence-corrected chi connectivity index (χ4v) is 6.40. The van der Waals surface area contributed by atoms with E-state index in [1.807, 2.05) is 4.90 Å². The molecule has 1 N–H and O–H groups in total. The number of nitro benzene ring substituents is 1. The van der Waals surface area contributed by atoms with Gasteiger partial charge in [-0.3, -0.25) is 10.1 Å². The summed E-state index contributed by atoms with van der Waals surface area (Å²) >= 11 is 6.94. The summed E-state index contributed by atoms with van der Waals surface area (Å²) in [5.41, 5.74) is 1.05. The minimum atomic E-state index is -1.93. The summed E-state index contributed by atoms with van der Waals surface area (Å²) in [4.78, 5) is 38.6. The van der Waals surface area contributed by atoms with Gasteiger partial charge in [0.2, 0.25) is 0 Å². The van der Waals surface area contributed by atoms with E-state index in [4.69, 9.17) is 26.1 Å². The maximum absolute atomic E-state index is 12.9. The van der Waals surface area contributed by atoms with Crippen molar-refractivity contribution < 1.29 is 28.4 Å². The zero-order valence-electron chi connectivity index (χ0n) is 21.7. The molecule has 13 heteroatoms. The molecule has 37 heavy (non-hydrogen) atoms. The molecule has 0 aromatic heterocycles. The number of hydrogen-bond donors (Lipinski definition) is 1. The van der Waals surface area contributed by atoms with E-state index in [2.05, 4.69) is 39.2 Å². The molecule has 0 spiro atoms. The van der Waals surface area contributed by atoms with Crippen LogP contribution in [0.3, 0.4) is 0 Å². The Balaban J connectivity index is 1.48. The fraction of sp³-hybridized carbons (Fsp3) is 0.542. The van der Waals surface area contributed by atoms with Gasteiger partial charge in [-0.25, -0.2) is 9.59 Å². The number of carbonyl (C=O) groups excluding carboxylic acids is 2. The van der Waals surface area contributed by atoms with E-state index in [0.717, 1.165) is 11.3 Å². The Kier molecular flexibility index (Phi) is 9.37. The number of esters is 1. The second kappa shape index (κ2) is 11.9. The molecule has 1 aromatic carbocycles. The smallest absolute Gasteiger partial charge is 0.407 e. The molecule has 1 atom stereocenters. The Morgan fingerprint density at radius 1 is 1.22 bits per heavy atom. The molecule has 1 amide bonds. The zero-order chi connectivity index (χ0) is 27.4. The van der Waals surface area contributed by atoms with Crippen LogP contribution in [0.1, 0.15) is 39.2 Å². The van der Waals surface area contributed by atoms with E-state index in [1.165, 1.54) is 24.3 Å². The van der Waals surface area contributed by atoms with Crippen molar-refractivity contribution in [1.29, 1.82) is 0 Å². The summed E-state index contributed by atoms with van der Waals surface area (Å²) in [7, 11) is -1.93. The number of nitrogens with zero attached hydrogens (tertiary/aromatic N) is 2. The number of rotatable bonds is 11. The maximum atomic E-state index is 12.9. The van der Waals surface area contributed by atoms with Crippen LogP contribution in [0.5, 0.6) is 0 Å². The molecule has 0 radical (unpaired) electrons. The third-order valence-electron chi connectivity index (χ3n) is 6.61. The highest BCUT2D eigenvalue weighted by atomic mass is 32.2. The number of hydrogen-bond acceptors (Lipinski definition) is 9. The standard InChI is InChI=1S/C24H33N3O7S2Si/c1-24(2,3)37(4,5)34-13-12-32-22(28)21-18(36-20-14-19(35)26(20)21)10-11-25-23(29)33-15-16-6-8-17(9-7-16)27(30)31/h6-9,20H,10-15H2,1-5H3,(H,25,29)/t20-/m0/s1. The molecular weight excluding hydrogens is 534 g/mol. The first-order valence-corrected chi connectivity index (χ1v) is 16.2. The molecule has 0 bridgehead atoms. The second-order valence-electron chi connectivity index (χ2n) is 10.2. The number of alkyl carbamates (subject to hydrolysis) is 1. The molecule has 202 valence electrons. The Morgan fingerprint density at radius 2 is 1.89 bits per heavy atom. The molecule has 0 unspecified atom stereocenters. The highest BCUT2D eigenvalue weighted by Crippen LogP contribution is 2.48. The lowest BCUT2D eigenvalue weighted by atomic mass is 10.1. The van der Waals surface area contributed by atoms with Crippen LogP contribution in [-0.2, 0) is 25.3 Å². The van der Waals surface area contributed by atoms with Crippen molar-refractivity contribution in [2.45, 2.75) is 63.7 Å². The summed E-state index contributed by atoms with van der Waals surface area (Å²) < 4.78 is 16.8. The Bertz CT molecular complexity index is 1090. The summed E-state index contributed by atoms with van der Waals surface area (Å²) in [5.74, 6) is -0.438. The third kappa shape index (κ3) is 7.30. The van der Waals surface area contributed by atoms with Gasteiger partial charge in [-0.05, 0) is 42.2 Å². The van der Waals surface area contributed by atoms with Crippen molar-refractivity contribution in [1.82, 2.24) is 10.2 Å². The van der Waals surface area contributed by atoms with Gasteiger partial charge in [0.25, 0.3) is 5.69 Å². The van der Waals surface area contributed by atoms with Crippen LogP contribution < -0.4 is 5.32 Å². The average molecular weight is 568 g/mol. The molecule has 0 saturated carbocycles. The number of thiocarbonyl (C=S) groups is 1. The van der Waals surface area contributed by atoms with Crippen LogP contribution in [0.4, 0.5) is 10.5 Å². The predicted octanol–water partition coefficient (Wildman–Crippen LogP) is 5.09. The van der Waals surface area contributed by atoms with Gasteiger partial charge in [-0.2, -0.15) is 0 Å². The minimum absolute atomic E-state index is 0.0140. The SMILES string of the molecule is CC(C)(C)[Si](C)(C)OCCOC(=O)C1=C(CCNC(=O)OCc2ccc([N+](=O)[O-])cc2)S[C@H]2CC(=S)N12. The van der Waals surface area contributed by atoms with Crippen LogP contribution >= 0.6 is 24.0 Å². The van der Waals surface area contributed by atoms with Crippen LogP contribution in [0.25, 0.3) is 0 Å². The summed E-state index contributed by atoms with van der Waals surface area (Å²) in [6, 6.07) is 5.78. The number of amides is 1. The maximum Gasteiger partial charge on any atom is 0.407 e. The highest BCUT2D eigenvalue weighted by Gasteiger charge is 2.46. The lowest BCUT2D eigenvalue weighted by molar-refractivity contribution is -0.384. The van der Waals surface area contributed by atoms with Crippen molar-refractivity contribution in [3.8, 4) is 0 Å². The van der Waals surface area contributed by atoms with E-state index in [-0.39, 0.29) is 35.9 Å². The van der Waals surface area contributed by atoms with Gasteiger partial charge < -0.3 is 24.1 Å². The first-order valence-electron chi connectivity index (χ1n) is 12.0. The Labute approximate surface area is 227 Å². The van der Waals surface area contributed by atoms with Crippen molar-refractivity contribution in [2.75, 3.05) is 19.8 Å². The zero-order valence-corrected chi connectivity index (χ0v) is 24.3. The van der Waals surface area contributed by atoms with Gasteiger partial charge in [0.1, 0.15) is 18.9 Å². The first kappa shape index (κ1) is 29.1. The molecule has 1 saturated heterocycles. The van der Waals surface area contributed by atoms with Gasteiger partial charge in [-0.15, -0.1) is 11.8 Å². The number of ether oxygens (including phenoxy) is 2. The van der Waals surface area contributed by atoms with E-state index in [0.29, 0.717) is 29.3 Å². The molecule has 1 aromatic rings. The topological polar surface area (TPSA) is 120 Å². The van der Waals surface area contributed by atoms with Crippen LogP contribution in [-0.4, -0.2) is 60.3 Å². The van der Waals surface area contributed by atoms with Gasteiger partial charge >= 0.3 is 12.1 Å². The Hall–Kier alpha value is -2.48. The molecular formula is C24H33N3O7S2Si. The van der Waals surface area contributed by atoms with Crippen LogP contribution in [0, 0.1) is 10.1 Å². The number of nitro groups is 1. The van der Waals surface area contributed by atoms with Gasteiger partial charge in [0.05, 0.1) is 21.9 Å². The molecule has 0 aliphatic carbocycles. The molecule has 1 fully saturated rings. The number of carbonyl (C=O) groups is 2. The van der Waals surface area contributed by atoms with Crippen molar-refractivity contribution >= 4 is 55.0 Å². The van der Waals surface area contributed by atoms with Crippen molar-refractivity contribution in [3.63, 3.8) is 0 Å². The normalized spacial score (nSPS) is 17.3. The number of fused-ring (bicyclic) bond motifs is 1. The van der Waals surface area contributed by atoms with E-state index in [1.54, 1.807) is 11.8 Å². The molecule has 2 aliphatic heterocycles. The fourth-order valence-electron chi connectivity index (χ4n) is 3.40. The Morgan fingerprint density at radius 3 is 2.49 bits per heavy atom. The monoisotopic (exact) mass is 567 g/mol. The molecule has 10 nitrogen and oxygen atoms in total. The first-order chi connectivity index (χ1) is 17.3. The minimum Gasteiger partial charge on any atom is -0.459 e. The number of nitrogens with one attached hydrogen (secondary N) is 1. The van der Waals surface area contributed by atoms with E-state index in [9.17, 15) is 19.7 Å². The average Bonchev–Trinajstić information content (AvgIpc) is 3.11. The quantitative estimate of drug-likeness (QED) is 0.0966. The van der Waals surface area contributed by atoms with Crippen LogP contribution in [0.2, 0.25) is 18.1 Å². The number of non-ortho nitro benzene ring substituents is 1. The second-order valence-corrected chi connectivity index (χ2v) is 16.8. The molecule has 2 heterocycles. The van der Waals surface area contributed by atoms with E-state index >= 15 is 0 Å². The number of thioether (sulfide) groups is 1. The van der Waals surface area contributed by atoms with Crippen molar-refractivity contribution in [3.05, 3.63) is 50.5 Å². The largest absolute Gasteiger partial charge is 0.459 e. The summed E-state index contributed by atoms with van der Waals surface area (Å²) in [5, 5.41) is 13.6. The van der Waals surface area contributed by atoms with Crippen LogP contribution in [0.15, 0.2) is 34.9 Å². The lowest BCUT2D eigenvalue weighted by Gasteiger charge is -2.37. The molecule has 3 rings (SSSR count). The number of benzene rings is 1. The summed E-state index contributed by atoms with van der Waals surface area (Å²) in [6.45, 7) is 11.5. The van der Waals surface area contributed by atoms with E-state index < -0.39 is 25.3 Å². The van der Waals surface area contributed by atoms with Gasteiger partial charge in [-0.1, -0.05) is 33.0 Å². The third-order valence-corrected chi connectivity index (χ3v) is 12.8. The van der Waals surface area contributed by atoms with Gasteiger partial charge in [0, 0.05) is 30.0 Å². The lowest BCUT2D eigenvalue weighted by Crippen LogP contribution is -2.47. The molecule has 2 aliphatic rings. The van der Waals surface area contributed by atoms with Gasteiger partial charge in [0.15, 0.2) is 8.32 Å². The summed E-state index contributed by atoms with van der Waals surface area (Å²) in [6.07, 6.45) is 0.532. The predicted molar refractivity (Wildman–Crippen MR) is 147 cm³/mol. The van der Waals surface area contributed by atoms with Crippen molar-refractivity contribution in [2.24, 2.45) is 0 Å². The highest BCUT2D eigenvalue weighted by molar-refractivity contribution is 8.04.